The topological polar surface area (TPSA) is 52.7 Å². The zero-order chi connectivity index (χ0) is 17.7. The Morgan fingerprint density at radius 1 is 1.25 bits per heavy atom. The third-order valence-electron chi connectivity index (χ3n) is 4.12. The quantitative estimate of drug-likeness (QED) is 0.802. The van der Waals surface area contributed by atoms with Crippen LogP contribution < -0.4 is 5.32 Å². The maximum Gasteiger partial charge on any atom is 0.251 e. The second-order valence-electron chi connectivity index (χ2n) is 6.19. The monoisotopic (exact) mass is 339 g/mol. The number of hydrogen-bond acceptors (Lipinski definition) is 3. The molecular weight excluding hydrogens is 316 g/mol. The van der Waals surface area contributed by atoms with E-state index in [1.54, 1.807) is 19.0 Å². The molecule has 1 N–H and O–H groups in total. The highest BCUT2D eigenvalue weighted by molar-refractivity contribution is 5.94. The van der Waals surface area contributed by atoms with Crippen LogP contribution in [-0.4, -0.2) is 61.4 Å². The molecule has 1 heterocycles. The summed E-state index contributed by atoms with van der Waals surface area (Å²) in [5, 5.41) is 2.65. The van der Waals surface area contributed by atoms with E-state index >= 15 is 0 Å². The first-order chi connectivity index (χ1) is 11.4. The molecule has 0 saturated carbocycles. The van der Waals surface area contributed by atoms with Crippen molar-refractivity contribution < 1.29 is 18.4 Å². The van der Waals surface area contributed by atoms with Crippen molar-refractivity contribution in [2.45, 2.75) is 25.3 Å². The van der Waals surface area contributed by atoms with Gasteiger partial charge >= 0.3 is 0 Å². The van der Waals surface area contributed by atoms with Gasteiger partial charge in [0.1, 0.15) is 11.6 Å². The number of likely N-dealkylation sites (N-methyl/N-ethyl adjacent to an activating group) is 1. The molecule has 1 aromatic rings. The molecule has 0 aliphatic carbocycles. The predicted octanol–water partition coefficient (Wildman–Crippen LogP) is 1.64. The van der Waals surface area contributed by atoms with E-state index in [1.807, 2.05) is 0 Å². The van der Waals surface area contributed by atoms with Crippen molar-refractivity contribution >= 4 is 11.8 Å². The first-order valence-corrected chi connectivity index (χ1v) is 8.08. The van der Waals surface area contributed by atoms with Crippen LogP contribution in [0.5, 0.6) is 0 Å². The number of hydrogen-bond donors (Lipinski definition) is 1. The summed E-state index contributed by atoms with van der Waals surface area (Å²) in [6.07, 6.45) is 2.51. The van der Waals surface area contributed by atoms with Crippen molar-refractivity contribution in [1.29, 1.82) is 0 Å². The van der Waals surface area contributed by atoms with E-state index in [9.17, 15) is 18.4 Å². The normalized spacial score (nSPS) is 17.8. The average Bonchev–Trinajstić information content (AvgIpc) is 2.97. The van der Waals surface area contributed by atoms with E-state index in [0.717, 1.165) is 37.6 Å². The van der Waals surface area contributed by atoms with Gasteiger partial charge in [-0.05, 0) is 37.9 Å². The molecule has 24 heavy (non-hydrogen) atoms. The SMILES string of the molecule is CN(C)C(=O)C1CCCN1CCCNC(=O)c1cc(F)cc(F)c1. The molecule has 7 heteroatoms. The third kappa shape index (κ3) is 4.74. The van der Waals surface area contributed by atoms with Crippen LogP contribution in [0.3, 0.4) is 0 Å². The Hall–Kier alpha value is -2.02. The maximum atomic E-state index is 13.1. The van der Waals surface area contributed by atoms with E-state index < -0.39 is 17.5 Å². The number of carbonyl (C=O) groups excluding carboxylic acids is 2. The Bertz CT molecular complexity index is 587. The molecule has 0 aromatic heterocycles. The fourth-order valence-corrected chi connectivity index (χ4v) is 2.94. The van der Waals surface area contributed by atoms with Gasteiger partial charge in [0.05, 0.1) is 6.04 Å². The van der Waals surface area contributed by atoms with Crippen LogP contribution in [0, 0.1) is 11.6 Å². The number of halogens is 2. The van der Waals surface area contributed by atoms with Gasteiger partial charge in [-0.25, -0.2) is 8.78 Å². The Morgan fingerprint density at radius 2 is 1.92 bits per heavy atom. The number of amides is 2. The maximum absolute atomic E-state index is 13.1. The summed E-state index contributed by atoms with van der Waals surface area (Å²) in [4.78, 5) is 27.7. The van der Waals surface area contributed by atoms with E-state index in [-0.39, 0.29) is 17.5 Å². The van der Waals surface area contributed by atoms with Crippen LogP contribution in [0.2, 0.25) is 0 Å². The molecule has 132 valence electrons. The number of carbonyl (C=O) groups is 2. The van der Waals surface area contributed by atoms with E-state index in [0.29, 0.717) is 19.5 Å². The molecule has 1 unspecified atom stereocenters. The fraction of sp³-hybridized carbons (Fsp3) is 0.529. The van der Waals surface area contributed by atoms with Crippen LogP contribution in [0.4, 0.5) is 8.78 Å². The molecule has 5 nitrogen and oxygen atoms in total. The average molecular weight is 339 g/mol. The molecule has 0 spiro atoms. The summed E-state index contributed by atoms with van der Waals surface area (Å²) in [5.74, 6) is -1.95. The van der Waals surface area contributed by atoms with Crippen LogP contribution in [0.15, 0.2) is 18.2 Å². The first kappa shape index (κ1) is 18.3. The number of nitrogens with one attached hydrogen (secondary N) is 1. The van der Waals surface area contributed by atoms with Crippen LogP contribution in [-0.2, 0) is 4.79 Å². The summed E-state index contributed by atoms with van der Waals surface area (Å²) < 4.78 is 26.2. The Balaban J connectivity index is 1.78. The molecule has 1 aliphatic rings. The standard InChI is InChI=1S/C17H23F2N3O2/c1-21(2)17(24)15-5-3-7-22(15)8-4-6-20-16(23)12-9-13(18)11-14(19)10-12/h9-11,15H,3-8H2,1-2H3,(H,20,23). The van der Waals surface area contributed by atoms with Crippen molar-refractivity contribution in [3.8, 4) is 0 Å². The van der Waals surface area contributed by atoms with Crippen LogP contribution in [0.25, 0.3) is 0 Å². The second-order valence-corrected chi connectivity index (χ2v) is 6.19. The summed E-state index contributed by atoms with van der Waals surface area (Å²) in [6, 6.07) is 2.65. The van der Waals surface area contributed by atoms with Gasteiger partial charge in [-0.3, -0.25) is 14.5 Å². The molecule has 1 fully saturated rings. The van der Waals surface area contributed by atoms with Crippen molar-refractivity contribution in [3.05, 3.63) is 35.4 Å². The zero-order valence-electron chi connectivity index (χ0n) is 14.0. The summed E-state index contributed by atoms with van der Waals surface area (Å²) >= 11 is 0. The molecule has 0 bridgehead atoms. The van der Waals surface area contributed by atoms with Crippen LogP contribution >= 0.6 is 0 Å². The van der Waals surface area contributed by atoms with Crippen molar-refractivity contribution in [3.63, 3.8) is 0 Å². The van der Waals surface area contributed by atoms with Gasteiger partial charge in [-0.1, -0.05) is 0 Å². The number of nitrogens with zero attached hydrogens (tertiary/aromatic N) is 2. The number of likely N-dealkylation sites (tertiary alicyclic amines) is 1. The minimum Gasteiger partial charge on any atom is -0.352 e. The van der Waals surface area contributed by atoms with Crippen molar-refractivity contribution in [1.82, 2.24) is 15.1 Å². The highest BCUT2D eigenvalue weighted by atomic mass is 19.1. The zero-order valence-corrected chi connectivity index (χ0v) is 14.0. The summed E-state index contributed by atoms with van der Waals surface area (Å²) in [6.45, 7) is 1.95. The molecule has 2 amide bonds. The van der Waals surface area contributed by atoms with E-state index in [1.165, 1.54) is 0 Å². The van der Waals surface area contributed by atoms with Gasteiger partial charge in [-0.15, -0.1) is 0 Å². The molecule has 1 aliphatic heterocycles. The summed E-state index contributed by atoms with van der Waals surface area (Å²) in [5.41, 5.74) is -0.0330. The van der Waals surface area contributed by atoms with Gasteiger partial charge in [0, 0.05) is 38.8 Å². The summed E-state index contributed by atoms with van der Waals surface area (Å²) in [7, 11) is 3.49. The Labute approximate surface area is 140 Å². The number of benzene rings is 1. The van der Waals surface area contributed by atoms with Crippen molar-refractivity contribution in [2.75, 3.05) is 33.7 Å². The van der Waals surface area contributed by atoms with Gasteiger partial charge in [-0.2, -0.15) is 0 Å². The molecule has 2 rings (SSSR count). The van der Waals surface area contributed by atoms with Crippen molar-refractivity contribution in [2.24, 2.45) is 0 Å². The highest BCUT2D eigenvalue weighted by Gasteiger charge is 2.30. The lowest BCUT2D eigenvalue weighted by Crippen LogP contribution is -2.43. The lowest BCUT2D eigenvalue weighted by Gasteiger charge is -2.26. The third-order valence-corrected chi connectivity index (χ3v) is 4.12. The van der Waals surface area contributed by atoms with E-state index in [4.69, 9.17) is 0 Å². The van der Waals surface area contributed by atoms with Gasteiger partial charge < -0.3 is 10.2 Å². The Morgan fingerprint density at radius 3 is 2.54 bits per heavy atom. The lowest BCUT2D eigenvalue weighted by molar-refractivity contribution is -0.133. The number of rotatable bonds is 6. The Kier molecular flexibility index (Phi) is 6.25. The largest absolute Gasteiger partial charge is 0.352 e. The molecule has 0 radical (unpaired) electrons. The van der Waals surface area contributed by atoms with E-state index in [2.05, 4.69) is 10.2 Å². The molecular formula is C17H23F2N3O2. The molecule has 1 saturated heterocycles. The minimum absolute atomic E-state index is 0.0330. The lowest BCUT2D eigenvalue weighted by atomic mass is 10.2. The van der Waals surface area contributed by atoms with Gasteiger partial charge in [0.2, 0.25) is 5.91 Å². The van der Waals surface area contributed by atoms with Gasteiger partial charge in [0.25, 0.3) is 5.91 Å². The predicted molar refractivity (Wildman–Crippen MR) is 86.6 cm³/mol. The fourth-order valence-electron chi connectivity index (χ4n) is 2.94. The van der Waals surface area contributed by atoms with Gasteiger partial charge in [0.15, 0.2) is 0 Å². The first-order valence-electron chi connectivity index (χ1n) is 8.08. The van der Waals surface area contributed by atoms with Crippen LogP contribution in [0.1, 0.15) is 29.6 Å². The smallest absolute Gasteiger partial charge is 0.251 e. The minimum atomic E-state index is -0.776. The molecule has 1 atom stereocenters. The highest BCUT2D eigenvalue weighted by Crippen LogP contribution is 2.18. The second kappa shape index (κ2) is 8.19. The molecule has 1 aromatic carbocycles.